The Hall–Kier alpha value is -2.45. The minimum atomic E-state index is -0.564. The summed E-state index contributed by atoms with van der Waals surface area (Å²) in [5, 5.41) is 3.26. The molecule has 0 radical (unpaired) electrons. The third kappa shape index (κ3) is 3.23. The lowest BCUT2D eigenvalue weighted by Gasteiger charge is -2.13. The number of thiazole rings is 1. The predicted octanol–water partition coefficient (Wildman–Crippen LogP) is 2.93. The molecule has 3 rings (SSSR count). The molecule has 0 atom stereocenters. The normalized spacial score (nSPS) is 10.4. The Morgan fingerprint density at radius 3 is 2.68 bits per heavy atom. The summed E-state index contributed by atoms with van der Waals surface area (Å²) in [6, 6.07) is 5.48. The van der Waals surface area contributed by atoms with Gasteiger partial charge in [0.05, 0.1) is 26.5 Å². The SMILES string of the molecule is NC(=O)c1nccc(Nc2ccncc2)c1Sc1cncs1. The number of nitrogens with zero attached hydrogens (tertiary/aromatic N) is 3. The number of primary amides is 1. The van der Waals surface area contributed by atoms with Crippen LogP contribution in [0.15, 0.2) is 57.6 Å². The molecule has 3 aromatic heterocycles. The molecule has 0 aliphatic heterocycles. The molecular formula is C14H11N5OS2. The molecule has 3 aromatic rings. The monoisotopic (exact) mass is 329 g/mol. The van der Waals surface area contributed by atoms with Crippen molar-refractivity contribution in [2.24, 2.45) is 5.73 Å². The lowest BCUT2D eigenvalue weighted by Crippen LogP contribution is -2.15. The van der Waals surface area contributed by atoms with Gasteiger partial charge < -0.3 is 11.1 Å². The first-order valence-corrected chi connectivity index (χ1v) is 7.96. The van der Waals surface area contributed by atoms with Crippen LogP contribution in [0.4, 0.5) is 11.4 Å². The minimum Gasteiger partial charge on any atom is -0.364 e. The van der Waals surface area contributed by atoms with E-state index in [9.17, 15) is 4.79 Å². The van der Waals surface area contributed by atoms with E-state index in [2.05, 4.69) is 20.3 Å². The van der Waals surface area contributed by atoms with Crippen molar-refractivity contribution in [3.05, 3.63) is 54.2 Å². The Morgan fingerprint density at radius 1 is 1.18 bits per heavy atom. The summed E-state index contributed by atoms with van der Waals surface area (Å²) in [5.41, 5.74) is 9.03. The molecule has 0 spiro atoms. The molecule has 0 saturated carbocycles. The molecule has 3 heterocycles. The van der Waals surface area contributed by atoms with Gasteiger partial charge in [0.25, 0.3) is 5.91 Å². The van der Waals surface area contributed by atoms with Crippen molar-refractivity contribution in [2.45, 2.75) is 9.10 Å². The molecular weight excluding hydrogens is 318 g/mol. The van der Waals surface area contributed by atoms with Gasteiger partial charge in [-0.25, -0.2) is 4.98 Å². The fraction of sp³-hybridized carbons (Fsp3) is 0. The highest BCUT2D eigenvalue weighted by molar-refractivity contribution is 8.01. The highest BCUT2D eigenvalue weighted by Gasteiger charge is 2.16. The van der Waals surface area contributed by atoms with Gasteiger partial charge in [-0.15, -0.1) is 11.3 Å². The molecule has 22 heavy (non-hydrogen) atoms. The molecule has 3 N–H and O–H groups in total. The van der Waals surface area contributed by atoms with Gasteiger partial charge in [-0.2, -0.15) is 0 Å². The van der Waals surface area contributed by atoms with Crippen molar-refractivity contribution in [1.29, 1.82) is 0 Å². The average Bonchev–Trinajstić information content (AvgIpc) is 3.03. The fourth-order valence-electron chi connectivity index (χ4n) is 1.77. The molecule has 0 aliphatic carbocycles. The van der Waals surface area contributed by atoms with Crippen LogP contribution in [0.1, 0.15) is 10.5 Å². The van der Waals surface area contributed by atoms with Gasteiger partial charge in [-0.3, -0.25) is 14.8 Å². The first-order valence-electron chi connectivity index (χ1n) is 6.26. The first-order chi connectivity index (χ1) is 10.7. The van der Waals surface area contributed by atoms with Gasteiger partial charge in [-0.05, 0) is 18.2 Å². The maximum Gasteiger partial charge on any atom is 0.268 e. The molecule has 1 amide bonds. The van der Waals surface area contributed by atoms with Gasteiger partial charge in [0, 0.05) is 24.3 Å². The summed E-state index contributed by atoms with van der Waals surface area (Å²) in [4.78, 5) is 24.4. The minimum absolute atomic E-state index is 0.234. The fourth-order valence-corrected chi connectivity index (χ4v) is 3.48. The number of nitrogens with one attached hydrogen (secondary N) is 1. The number of rotatable bonds is 5. The van der Waals surface area contributed by atoms with Crippen molar-refractivity contribution >= 4 is 40.4 Å². The smallest absolute Gasteiger partial charge is 0.268 e. The van der Waals surface area contributed by atoms with Crippen LogP contribution in [0.25, 0.3) is 0 Å². The lowest BCUT2D eigenvalue weighted by molar-refractivity contribution is 0.0992. The first kappa shape index (κ1) is 14.5. The number of pyridine rings is 2. The van der Waals surface area contributed by atoms with E-state index in [1.807, 2.05) is 12.1 Å². The van der Waals surface area contributed by atoms with E-state index in [-0.39, 0.29) is 5.69 Å². The Labute approximate surface area is 134 Å². The number of carbonyl (C=O) groups is 1. The Balaban J connectivity index is 2.01. The van der Waals surface area contributed by atoms with Gasteiger partial charge >= 0.3 is 0 Å². The van der Waals surface area contributed by atoms with Crippen LogP contribution in [-0.4, -0.2) is 20.9 Å². The van der Waals surface area contributed by atoms with Crippen LogP contribution in [0.3, 0.4) is 0 Å². The predicted molar refractivity (Wildman–Crippen MR) is 86.5 cm³/mol. The summed E-state index contributed by atoms with van der Waals surface area (Å²) >= 11 is 2.90. The zero-order chi connectivity index (χ0) is 15.4. The second-order valence-electron chi connectivity index (χ2n) is 4.18. The molecule has 110 valence electrons. The molecule has 0 saturated heterocycles. The third-order valence-corrected chi connectivity index (χ3v) is 4.74. The van der Waals surface area contributed by atoms with Gasteiger partial charge in [-0.1, -0.05) is 11.8 Å². The van der Waals surface area contributed by atoms with Crippen LogP contribution >= 0.6 is 23.1 Å². The average molecular weight is 329 g/mol. The molecule has 0 aliphatic rings. The van der Waals surface area contributed by atoms with Crippen molar-refractivity contribution in [2.75, 3.05) is 5.32 Å². The standard InChI is InChI=1S/C14H11N5OS2/c15-14(20)12-13(22-11-7-17-8-21-11)10(3-6-18-12)19-9-1-4-16-5-2-9/h1-8H,(H2,15,20)(H,16,18,19). The molecule has 6 nitrogen and oxygen atoms in total. The zero-order valence-corrected chi connectivity index (χ0v) is 12.9. The van der Waals surface area contributed by atoms with E-state index in [0.717, 1.165) is 15.6 Å². The summed E-state index contributed by atoms with van der Waals surface area (Å²) in [6.07, 6.45) is 6.67. The van der Waals surface area contributed by atoms with Crippen LogP contribution in [0.5, 0.6) is 0 Å². The Kier molecular flexibility index (Phi) is 4.31. The van der Waals surface area contributed by atoms with E-state index in [4.69, 9.17) is 5.73 Å². The summed E-state index contributed by atoms with van der Waals surface area (Å²) in [5.74, 6) is -0.564. The van der Waals surface area contributed by atoms with Gasteiger partial charge in [0.15, 0.2) is 0 Å². The van der Waals surface area contributed by atoms with Crippen LogP contribution in [0, 0.1) is 0 Å². The Bertz CT molecular complexity index is 777. The third-order valence-electron chi connectivity index (χ3n) is 2.71. The number of hydrogen-bond donors (Lipinski definition) is 2. The second-order valence-corrected chi connectivity index (χ2v) is 6.38. The molecule has 0 fully saturated rings. The highest BCUT2D eigenvalue weighted by atomic mass is 32.2. The van der Waals surface area contributed by atoms with Gasteiger partial charge in [0.2, 0.25) is 0 Å². The van der Waals surface area contributed by atoms with Crippen molar-refractivity contribution in [1.82, 2.24) is 15.0 Å². The highest BCUT2D eigenvalue weighted by Crippen LogP contribution is 2.38. The molecule has 0 aromatic carbocycles. The summed E-state index contributed by atoms with van der Waals surface area (Å²) in [7, 11) is 0. The van der Waals surface area contributed by atoms with E-state index in [0.29, 0.717) is 4.90 Å². The number of nitrogens with two attached hydrogens (primary N) is 1. The second kappa shape index (κ2) is 6.54. The molecule has 8 heteroatoms. The van der Waals surface area contributed by atoms with Crippen LogP contribution in [0.2, 0.25) is 0 Å². The number of carbonyl (C=O) groups excluding carboxylic acids is 1. The van der Waals surface area contributed by atoms with Crippen LogP contribution < -0.4 is 11.1 Å². The van der Waals surface area contributed by atoms with Crippen molar-refractivity contribution in [3.8, 4) is 0 Å². The summed E-state index contributed by atoms with van der Waals surface area (Å²) in [6.45, 7) is 0. The quantitative estimate of drug-likeness (QED) is 0.747. The number of amides is 1. The maximum atomic E-state index is 11.7. The van der Waals surface area contributed by atoms with E-state index in [1.54, 1.807) is 36.4 Å². The topological polar surface area (TPSA) is 93.8 Å². The summed E-state index contributed by atoms with van der Waals surface area (Å²) < 4.78 is 0.952. The van der Waals surface area contributed by atoms with E-state index >= 15 is 0 Å². The van der Waals surface area contributed by atoms with Crippen molar-refractivity contribution in [3.63, 3.8) is 0 Å². The number of aromatic nitrogens is 3. The van der Waals surface area contributed by atoms with E-state index < -0.39 is 5.91 Å². The Morgan fingerprint density at radius 2 is 2.00 bits per heavy atom. The number of anilines is 2. The zero-order valence-electron chi connectivity index (χ0n) is 11.3. The maximum absolute atomic E-state index is 11.7. The molecule has 0 bridgehead atoms. The van der Waals surface area contributed by atoms with Crippen molar-refractivity contribution < 1.29 is 4.79 Å². The van der Waals surface area contributed by atoms with Crippen LogP contribution in [-0.2, 0) is 0 Å². The van der Waals surface area contributed by atoms with Gasteiger partial charge in [0.1, 0.15) is 5.69 Å². The number of hydrogen-bond acceptors (Lipinski definition) is 7. The van der Waals surface area contributed by atoms with E-state index in [1.165, 1.54) is 23.1 Å². The largest absolute Gasteiger partial charge is 0.364 e. The lowest BCUT2D eigenvalue weighted by atomic mass is 10.3. The molecule has 0 unspecified atom stereocenters.